The summed E-state index contributed by atoms with van der Waals surface area (Å²) >= 11 is 7.91. The van der Waals surface area contributed by atoms with Crippen molar-refractivity contribution >= 4 is 62.5 Å². The molecule has 0 spiro atoms. The molecular formula is C18H10ClF3N2O3S2. The van der Waals surface area contributed by atoms with Crippen LogP contribution in [-0.4, -0.2) is 27.2 Å². The third-order valence-corrected chi connectivity index (χ3v) is 6.75. The molecule has 1 aliphatic rings. The van der Waals surface area contributed by atoms with Gasteiger partial charge < -0.3 is 10.0 Å². The van der Waals surface area contributed by atoms with Crippen molar-refractivity contribution in [3.63, 3.8) is 0 Å². The first-order valence-corrected chi connectivity index (χ1v) is 10.2. The summed E-state index contributed by atoms with van der Waals surface area (Å²) in [4.78, 5) is 29.9. The first-order chi connectivity index (χ1) is 13.7. The standard InChI is InChI=1S/C18H10ClF3N2O3S2/c19-7-1-2-10-11(3-7)28-12(5-14(25)26)18(27)24(10)6-13-23-16-15(22)8(20)4-9(21)17(16)29-13/h1-4,12H,5-6H2,(H,25,26). The van der Waals surface area contributed by atoms with Crippen LogP contribution in [0.5, 0.6) is 0 Å². The van der Waals surface area contributed by atoms with E-state index in [1.54, 1.807) is 18.2 Å². The van der Waals surface area contributed by atoms with E-state index >= 15 is 0 Å². The summed E-state index contributed by atoms with van der Waals surface area (Å²) in [6.45, 7) is -0.149. The molecule has 0 saturated heterocycles. The van der Waals surface area contributed by atoms with Crippen molar-refractivity contribution in [3.8, 4) is 0 Å². The number of anilines is 1. The second kappa shape index (κ2) is 7.51. The molecule has 29 heavy (non-hydrogen) atoms. The van der Waals surface area contributed by atoms with Crippen LogP contribution in [-0.2, 0) is 16.1 Å². The number of carbonyl (C=O) groups is 2. The maximum Gasteiger partial charge on any atom is 0.305 e. The number of aliphatic carboxylic acids is 1. The number of hydrogen-bond acceptors (Lipinski definition) is 5. The van der Waals surface area contributed by atoms with Crippen LogP contribution < -0.4 is 4.90 Å². The zero-order valence-electron chi connectivity index (χ0n) is 14.3. The molecular weight excluding hydrogens is 449 g/mol. The lowest BCUT2D eigenvalue weighted by Crippen LogP contribution is -2.41. The van der Waals surface area contributed by atoms with Crippen LogP contribution in [0.4, 0.5) is 18.9 Å². The van der Waals surface area contributed by atoms with E-state index in [-0.39, 0.29) is 16.3 Å². The molecule has 2 aromatic carbocycles. The van der Waals surface area contributed by atoms with Crippen molar-refractivity contribution in [1.82, 2.24) is 4.98 Å². The number of carboxylic acid groups (broad SMARTS) is 1. The molecule has 1 unspecified atom stereocenters. The van der Waals surface area contributed by atoms with Gasteiger partial charge in [-0.05, 0) is 18.2 Å². The summed E-state index contributed by atoms with van der Waals surface area (Å²) < 4.78 is 41.3. The summed E-state index contributed by atoms with van der Waals surface area (Å²) in [5.74, 6) is -5.17. The van der Waals surface area contributed by atoms with Gasteiger partial charge in [-0.15, -0.1) is 23.1 Å². The molecule has 1 atom stereocenters. The van der Waals surface area contributed by atoms with E-state index in [0.29, 0.717) is 21.7 Å². The molecule has 0 fully saturated rings. The van der Waals surface area contributed by atoms with Crippen molar-refractivity contribution in [2.75, 3.05) is 4.90 Å². The summed E-state index contributed by atoms with van der Waals surface area (Å²) in [6.07, 6.45) is -0.403. The molecule has 4 rings (SSSR count). The predicted octanol–water partition coefficient (Wildman–Crippen LogP) is 4.85. The number of hydrogen-bond donors (Lipinski definition) is 1. The van der Waals surface area contributed by atoms with Gasteiger partial charge in [0.05, 0.1) is 28.6 Å². The predicted molar refractivity (Wildman–Crippen MR) is 104 cm³/mol. The lowest BCUT2D eigenvalue weighted by molar-refractivity contribution is -0.138. The Labute approximate surface area is 175 Å². The zero-order chi connectivity index (χ0) is 20.9. The number of nitrogens with zero attached hydrogens (tertiary/aromatic N) is 2. The second-order valence-electron chi connectivity index (χ2n) is 6.18. The normalized spacial score (nSPS) is 16.3. The molecule has 0 radical (unpaired) electrons. The monoisotopic (exact) mass is 458 g/mol. The number of benzene rings is 2. The SMILES string of the molecule is O=C(O)CC1Sc2cc(Cl)ccc2N(Cc2nc3c(F)c(F)cc(F)c3s2)C1=O. The molecule has 0 aliphatic carbocycles. The molecule has 1 N–H and O–H groups in total. The van der Waals surface area contributed by atoms with Crippen LogP contribution >= 0.6 is 34.7 Å². The number of amides is 1. The van der Waals surface area contributed by atoms with E-state index in [0.717, 1.165) is 23.1 Å². The van der Waals surface area contributed by atoms with Gasteiger partial charge in [0.25, 0.3) is 0 Å². The maximum atomic E-state index is 14.0. The fraction of sp³-hybridized carbons (Fsp3) is 0.167. The average Bonchev–Trinajstić information content (AvgIpc) is 3.07. The summed E-state index contributed by atoms with van der Waals surface area (Å²) in [7, 11) is 0. The molecule has 11 heteroatoms. The highest BCUT2D eigenvalue weighted by Gasteiger charge is 2.35. The van der Waals surface area contributed by atoms with Gasteiger partial charge in [0.2, 0.25) is 5.91 Å². The Balaban J connectivity index is 1.76. The minimum atomic E-state index is -1.35. The van der Waals surface area contributed by atoms with Crippen molar-refractivity contribution in [2.45, 2.75) is 23.1 Å². The maximum absolute atomic E-state index is 14.0. The minimum absolute atomic E-state index is 0.149. The van der Waals surface area contributed by atoms with Gasteiger partial charge in [-0.25, -0.2) is 18.2 Å². The number of carbonyl (C=O) groups excluding carboxylic acids is 1. The van der Waals surface area contributed by atoms with Crippen LogP contribution in [0.3, 0.4) is 0 Å². The van der Waals surface area contributed by atoms with Crippen molar-refractivity contribution < 1.29 is 27.9 Å². The fourth-order valence-electron chi connectivity index (χ4n) is 2.98. The summed E-state index contributed by atoms with van der Waals surface area (Å²) in [5.41, 5.74) is 0.0390. The summed E-state index contributed by atoms with van der Waals surface area (Å²) in [6, 6.07) is 5.24. The van der Waals surface area contributed by atoms with Gasteiger partial charge >= 0.3 is 5.97 Å². The first kappa shape index (κ1) is 20.0. The Bertz CT molecular complexity index is 1170. The molecule has 2 heterocycles. The lowest BCUT2D eigenvalue weighted by atomic mass is 10.2. The third kappa shape index (κ3) is 3.67. The van der Waals surface area contributed by atoms with E-state index in [9.17, 15) is 22.8 Å². The quantitative estimate of drug-likeness (QED) is 0.566. The number of aromatic nitrogens is 1. The number of carboxylic acids is 1. The Hall–Kier alpha value is -2.30. The van der Waals surface area contributed by atoms with Gasteiger partial charge in [-0.2, -0.15) is 0 Å². The molecule has 3 aromatic rings. The molecule has 0 bridgehead atoms. The topological polar surface area (TPSA) is 70.5 Å². The Kier molecular flexibility index (Phi) is 5.18. The van der Waals surface area contributed by atoms with Crippen LogP contribution in [0.15, 0.2) is 29.2 Å². The number of thiazole rings is 1. The zero-order valence-corrected chi connectivity index (χ0v) is 16.7. The molecule has 0 saturated carbocycles. The number of rotatable bonds is 4. The number of fused-ring (bicyclic) bond motifs is 2. The number of halogens is 4. The van der Waals surface area contributed by atoms with Crippen molar-refractivity contribution in [1.29, 1.82) is 0 Å². The first-order valence-electron chi connectivity index (χ1n) is 8.17. The summed E-state index contributed by atoms with van der Waals surface area (Å²) in [5, 5.41) is 8.81. The Morgan fingerprint density at radius 3 is 2.72 bits per heavy atom. The highest BCUT2D eigenvalue weighted by molar-refractivity contribution is 8.01. The smallest absolute Gasteiger partial charge is 0.305 e. The van der Waals surface area contributed by atoms with Crippen molar-refractivity contribution in [2.24, 2.45) is 0 Å². The van der Waals surface area contributed by atoms with Crippen LogP contribution in [0.2, 0.25) is 5.02 Å². The van der Waals surface area contributed by atoms with Crippen LogP contribution in [0.1, 0.15) is 11.4 Å². The van der Waals surface area contributed by atoms with E-state index in [4.69, 9.17) is 16.7 Å². The molecule has 150 valence electrons. The second-order valence-corrected chi connectivity index (χ2v) is 8.94. The average molecular weight is 459 g/mol. The largest absolute Gasteiger partial charge is 0.481 e. The van der Waals surface area contributed by atoms with Crippen LogP contribution in [0.25, 0.3) is 10.2 Å². The molecule has 1 aromatic heterocycles. The van der Waals surface area contributed by atoms with Gasteiger partial charge in [0.1, 0.15) is 16.3 Å². The third-order valence-electron chi connectivity index (χ3n) is 4.24. The van der Waals surface area contributed by atoms with Gasteiger partial charge in [-0.1, -0.05) is 11.6 Å². The molecule has 5 nitrogen and oxygen atoms in total. The highest BCUT2D eigenvalue weighted by atomic mass is 35.5. The Morgan fingerprint density at radius 2 is 2.00 bits per heavy atom. The van der Waals surface area contributed by atoms with E-state index in [2.05, 4.69) is 4.98 Å². The van der Waals surface area contributed by atoms with Gasteiger partial charge in [0, 0.05) is 16.0 Å². The fourth-order valence-corrected chi connectivity index (χ4v) is 5.43. The van der Waals surface area contributed by atoms with E-state index < -0.39 is 46.5 Å². The van der Waals surface area contributed by atoms with E-state index in [1.807, 2.05) is 0 Å². The number of thioether (sulfide) groups is 1. The van der Waals surface area contributed by atoms with Gasteiger partial charge in [0.15, 0.2) is 11.6 Å². The Morgan fingerprint density at radius 1 is 1.24 bits per heavy atom. The van der Waals surface area contributed by atoms with Crippen molar-refractivity contribution in [3.05, 3.63) is 51.7 Å². The van der Waals surface area contributed by atoms with Crippen LogP contribution in [0, 0.1) is 17.5 Å². The molecule has 1 amide bonds. The van der Waals surface area contributed by atoms with E-state index in [1.165, 1.54) is 4.90 Å². The lowest BCUT2D eigenvalue weighted by Gasteiger charge is -2.32. The molecule has 1 aliphatic heterocycles. The minimum Gasteiger partial charge on any atom is -0.481 e. The highest BCUT2D eigenvalue weighted by Crippen LogP contribution is 2.43. The van der Waals surface area contributed by atoms with Gasteiger partial charge in [-0.3, -0.25) is 9.59 Å².